The number of carbonyl (C=O) groups excluding carboxylic acids is 1. The maximum absolute atomic E-state index is 12.3. The number of hydrogen-bond donors (Lipinski definition) is 0. The first-order chi connectivity index (χ1) is 14.3. The van der Waals surface area contributed by atoms with E-state index in [4.69, 9.17) is 4.74 Å². The van der Waals surface area contributed by atoms with Crippen LogP contribution in [0.3, 0.4) is 0 Å². The van der Waals surface area contributed by atoms with Gasteiger partial charge in [-0.05, 0) is 42.7 Å². The first-order valence-corrected chi connectivity index (χ1v) is 11.8. The summed E-state index contributed by atoms with van der Waals surface area (Å²) in [6.45, 7) is 1.01. The number of rotatable bonds is 5. The van der Waals surface area contributed by atoms with Crippen LogP contribution < -0.4 is 4.74 Å². The standard InChI is InChI=1S/C21H24N4O4S/c1-29-18-7-3-5-15(11-18)16-8-9-19-22-21(23-25(19)13-16)17-6-4-10-24(12-17)20(26)14-30(2,27)28/h3,5,7-9,11,13,17H,4,6,10,12,14H2,1-2H3/t17-/m1/s1. The number of likely N-dealkylation sites (tertiary alicyclic amines) is 1. The van der Waals surface area contributed by atoms with E-state index in [1.807, 2.05) is 42.6 Å². The number of fused-ring (bicyclic) bond motifs is 1. The van der Waals surface area contributed by atoms with Gasteiger partial charge in [0.1, 0.15) is 11.5 Å². The van der Waals surface area contributed by atoms with E-state index in [9.17, 15) is 13.2 Å². The van der Waals surface area contributed by atoms with Gasteiger partial charge in [0, 0.05) is 37.0 Å². The minimum absolute atomic E-state index is 0.0116. The Hall–Kier alpha value is -2.94. The number of hydrogen-bond acceptors (Lipinski definition) is 6. The van der Waals surface area contributed by atoms with Gasteiger partial charge in [-0.1, -0.05) is 12.1 Å². The largest absolute Gasteiger partial charge is 0.497 e. The van der Waals surface area contributed by atoms with Crippen LogP contribution >= 0.6 is 0 Å². The molecule has 158 valence electrons. The molecular formula is C21H24N4O4S. The fraction of sp³-hybridized carbons (Fsp3) is 0.381. The molecule has 30 heavy (non-hydrogen) atoms. The highest BCUT2D eigenvalue weighted by Gasteiger charge is 2.28. The summed E-state index contributed by atoms with van der Waals surface area (Å²) in [5.74, 6) is 0.638. The maximum atomic E-state index is 12.3. The van der Waals surface area contributed by atoms with Gasteiger partial charge in [-0.2, -0.15) is 5.10 Å². The van der Waals surface area contributed by atoms with Gasteiger partial charge in [0.05, 0.1) is 7.11 Å². The number of ether oxygens (including phenoxy) is 1. The van der Waals surface area contributed by atoms with Crippen molar-refractivity contribution in [3.63, 3.8) is 0 Å². The van der Waals surface area contributed by atoms with Crippen molar-refractivity contribution in [3.05, 3.63) is 48.4 Å². The van der Waals surface area contributed by atoms with Gasteiger partial charge in [-0.3, -0.25) is 4.79 Å². The van der Waals surface area contributed by atoms with Gasteiger partial charge < -0.3 is 9.64 Å². The first kappa shape index (κ1) is 20.3. The Bertz CT molecular complexity index is 1190. The van der Waals surface area contributed by atoms with Crippen molar-refractivity contribution in [3.8, 4) is 16.9 Å². The molecule has 0 saturated carbocycles. The van der Waals surface area contributed by atoms with E-state index >= 15 is 0 Å². The third-order valence-corrected chi connectivity index (χ3v) is 6.05. The van der Waals surface area contributed by atoms with E-state index in [1.54, 1.807) is 16.5 Å². The lowest BCUT2D eigenvalue weighted by Gasteiger charge is -2.31. The molecule has 3 aromatic rings. The summed E-state index contributed by atoms with van der Waals surface area (Å²) < 4.78 is 30.0. The van der Waals surface area contributed by atoms with Crippen molar-refractivity contribution in [2.75, 3.05) is 32.2 Å². The zero-order chi connectivity index (χ0) is 21.3. The van der Waals surface area contributed by atoms with E-state index in [0.717, 1.165) is 41.6 Å². The van der Waals surface area contributed by atoms with Gasteiger partial charge in [-0.25, -0.2) is 17.9 Å². The predicted molar refractivity (Wildman–Crippen MR) is 113 cm³/mol. The SMILES string of the molecule is COc1cccc(-c2ccc3nc([C@@H]4CCCN(C(=O)CS(C)(=O)=O)C4)nn3c2)c1. The van der Waals surface area contributed by atoms with Crippen molar-refractivity contribution in [2.24, 2.45) is 0 Å². The normalized spacial score (nSPS) is 17.3. The summed E-state index contributed by atoms with van der Waals surface area (Å²) >= 11 is 0. The molecule has 1 saturated heterocycles. The van der Waals surface area contributed by atoms with Crippen LogP contribution in [0.4, 0.5) is 0 Å². The van der Waals surface area contributed by atoms with Crippen LogP contribution in [0, 0.1) is 0 Å². The molecular weight excluding hydrogens is 404 g/mol. The molecule has 0 bridgehead atoms. The molecule has 0 N–H and O–H groups in total. The summed E-state index contributed by atoms with van der Waals surface area (Å²) in [5, 5.41) is 4.65. The topological polar surface area (TPSA) is 93.9 Å². The average molecular weight is 429 g/mol. The molecule has 3 heterocycles. The molecule has 0 radical (unpaired) electrons. The Morgan fingerprint density at radius 2 is 2.07 bits per heavy atom. The van der Waals surface area contributed by atoms with E-state index < -0.39 is 15.6 Å². The Balaban J connectivity index is 1.56. The van der Waals surface area contributed by atoms with Crippen molar-refractivity contribution in [2.45, 2.75) is 18.8 Å². The lowest BCUT2D eigenvalue weighted by atomic mass is 9.97. The second-order valence-electron chi connectivity index (χ2n) is 7.67. The second-order valence-corrected chi connectivity index (χ2v) is 9.81. The summed E-state index contributed by atoms with van der Waals surface area (Å²) in [6.07, 6.45) is 4.67. The summed E-state index contributed by atoms with van der Waals surface area (Å²) in [6, 6.07) is 11.7. The summed E-state index contributed by atoms with van der Waals surface area (Å²) in [4.78, 5) is 18.6. The third kappa shape index (κ3) is 4.46. The van der Waals surface area contributed by atoms with E-state index in [0.29, 0.717) is 18.9 Å². The molecule has 0 aliphatic carbocycles. The smallest absolute Gasteiger partial charge is 0.237 e. The first-order valence-electron chi connectivity index (χ1n) is 9.78. The quantitative estimate of drug-likeness (QED) is 0.618. The number of amides is 1. The fourth-order valence-electron chi connectivity index (χ4n) is 3.78. The van der Waals surface area contributed by atoms with Crippen molar-refractivity contribution in [1.82, 2.24) is 19.5 Å². The number of sulfone groups is 1. The van der Waals surface area contributed by atoms with Gasteiger partial charge in [0.2, 0.25) is 5.91 Å². The fourth-order valence-corrected chi connectivity index (χ4v) is 4.41. The van der Waals surface area contributed by atoms with Crippen LogP contribution in [0.5, 0.6) is 5.75 Å². The van der Waals surface area contributed by atoms with Gasteiger partial charge in [0.15, 0.2) is 21.3 Å². The average Bonchev–Trinajstić information content (AvgIpc) is 3.16. The predicted octanol–water partition coefficient (Wildman–Crippen LogP) is 2.16. The third-order valence-electron chi connectivity index (χ3n) is 5.28. The summed E-state index contributed by atoms with van der Waals surface area (Å²) in [5.41, 5.74) is 2.74. The van der Waals surface area contributed by atoms with Gasteiger partial charge >= 0.3 is 0 Å². The van der Waals surface area contributed by atoms with Crippen LogP contribution in [0.25, 0.3) is 16.8 Å². The van der Waals surface area contributed by atoms with Crippen LogP contribution in [0.2, 0.25) is 0 Å². The molecule has 4 rings (SSSR count). The number of carbonyl (C=O) groups is 1. The number of pyridine rings is 1. The maximum Gasteiger partial charge on any atom is 0.237 e. The minimum atomic E-state index is -3.35. The zero-order valence-electron chi connectivity index (χ0n) is 17.0. The van der Waals surface area contributed by atoms with E-state index in [2.05, 4.69) is 10.1 Å². The van der Waals surface area contributed by atoms with E-state index in [1.165, 1.54) is 0 Å². The number of aromatic nitrogens is 3. The molecule has 1 atom stereocenters. The minimum Gasteiger partial charge on any atom is -0.497 e. The molecule has 1 aliphatic rings. The Labute approximate surface area is 175 Å². The molecule has 1 aliphatic heterocycles. The number of benzene rings is 1. The van der Waals surface area contributed by atoms with Gasteiger partial charge in [0.25, 0.3) is 0 Å². The highest BCUT2D eigenvalue weighted by Crippen LogP contribution is 2.27. The van der Waals surface area contributed by atoms with Gasteiger partial charge in [-0.15, -0.1) is 0 Å². The monoisotopic (exact) mass is 428 g/mol. The Morgan fingerprint density at radius 3 is 2.83 bits per heavy atom. The van der Waals surface area contributed by atoms with Crippen LogP contribution in [-0.4, -0.2) is 66.0 Å². The molecule has 1 fully saturated rings. The Morgan fingerprint density at radius 1 is 1.23 bits per heavy atom. The van der Waals surface area contributed by atoms with Crippen molar-refractivity contribution < 1.29 is 17.9 Å². The molecule has 9 heteroatoms. The molecule has 1 aromatic carbocycles. The molecule has 2 aromatic heterocycles. The van der Waals surface area contributed by atoms with Crippen LogP contribution in [-0.2, 0) is 14.6 Å². The lowest BCUT2D eigenvalue weighted by molar-refractivity contribution is -0.129. The highest BCUT2D eigenvalue weighted by molar-refractivity contribution is 7.91. The van der Waals surface area contributed by atoms with Crippen LogP contribution in [0.1, 0.15) is 24.6 Å². The highest BCUT2D eigenvalue weighted by atomic mass is 32.2. The molecule has 8 nitrogen and oxygen atoms in total. The van der Waals surface area contributed by atoms with Crippen molar-refractivity contribution >= 4 is 21.4 Å². The second kappa shape index (κ2) is 8.06. The number of nitrogens with zero attached hydrogens (tertiary/aromatic N) is 4. The van der Waals surface area contributed by atoms with E-state index in [-0.39, 0.29) is 11.8 Å². The number of piperidine rings is 1. The van der Waals surface area contributed by atoms with Crippen molar-refractivity contribution in [1.29, 1.82) is 0 Å². The number of methoxy groups -OCH3 is 1. The Kier molecular flexibility index (Phi) is 5.46. The molecule has 1 amide bonds. The summed E-state index contributed by atoms with van der Waals surface area (Å²) in [7, 11) is -1.71. The van der Waals surface area contributed by atoms with Crippen LogP contribution in [0.15, 0.2) is 42.6 Å². The molecule has 0 spiro atoms. The molecule has 0 unspecified atom stereocenters. The lowest BCUT2D eigenvalue weighted by Crippen LogP contribution is -2.42. The zero-order valence-corrected chi connectivity index (χ0v) is 17.8.